The van der Waals surface area contributed by atoms with Crippen LogP contribution < -0.4 is 0 Å². The molecule has 0 aromatic heterocycles. The van der Waals surface area contributed by atoms with Gasteiger partial charge in [0.05, 0.1) is 17.6 Å². The molecule has 0 bridgehead atoms. The molecule has 0 unspecified atom stereocenters. The van der Waals surface area contributed by atoms with E-state index in [1.165, 1.54) is 38.4 Å². The number of aliphatic carboxylic acids is 1. The van der Waals surface area contributed by atoms with Crippen LogP contribution >= 0.6 is 0 Å². The van der Waals surface area contributed by atoms with E-state index in [1.807, 2.05) is 0 Å². The first-order valence-corrected chi connectivity index (χ1v) is 7.59. The Morgan fingerprint density at radius 3 is 2.29 bits per heavy atom. The van der Waals surface area contributed by atoms with Gasteiger partial charge in [0.2, 0.25) is 10.0 Å². The van der Waals surface area contributed by atoms with Gasteiger partial charge >= 0.3 is 11.9 Å². The van der Waals surface area contributed by atoms with E-state index in [2.05, 4.69) is 4.74 Å². The number of ether oxygens (including phenoxy) is 1. The third-order valence-corrected chi connectivity index (χ3v) is 4.72. The molecule has 1 rings (SSSR count). The van der Waals surface area contributed by atoms with Crippen molar-refractivity contribution in [1.82, 2.24) is 4.31 Å². The first-order chi connectivity index (χ1) is 9.78. The zero-order valence-corrected chi connectivity index (χ0v) is 12.6. The molecular weight excluding hydrogens is 298 g/mol. The second-order valence-electron chi connectivity index (χ2n) is 4.34. The topological polar surface area (TPSA) is 101 Å². The molecule has 7 nitrogen and oxygen atoms in total. The number of methoxy groups -OCH3 is 1. The average molecular weight is 315 g/mol. The molecule has 0 aliphatic carbocycles. The van der Waals surface area contributed by atoms with Crippen LogP contribution in [0.3, 0.4) is 0 Å². The van der Waals surface area contributed by atoms with Gasteiger partial charge in [0.25, 0.3) is 0 Å². The summed E-state index contributed by atoms with van der Waals surface area (Å²) < 4.78 is 30.1. The summed E-state index contributed by atoms with van der Waals surface area (Å²) >= 11 is 0. The number of hydrogen-bond donors (Lipinski definition) is 1. The van der Waals surface area contributed by atoms with Gasteiger partial charge < -0.3 is 9.84 Å². The van der Waals surface area contributed by atoms with Crippen LogP contribution in [-0.4, -0.2) is 50.5 Å². The van der Waals surface area contributed by atoms with Gasteiger partial charge in [0.1, 0.15) is 0 Å². The Balaban J connectivity index is 2.82. The molecule has 0 saturated heterocycles. The highest BCUT2D eigenvalue weighted by Crippen LogP contribution is 2.16. The Labute approximate surface area is 123 Å². The third kappa shape index (κ3) is 4.54. The molecule has 0 aliphatic heterocycles. The van der Waals surface area contributed by atoms with Crippen molar-refractivity contribution in [2.24, 2.45) is 0 Å². The highest BCUT2D eigenvalue weighted by Gasteiger charge is 2.21. The number of carboxylic acid groups (broad SMARTS) is 1. The van der Waals surface area contributed by atoms with Gasteiger partial charge in [0, 0.05) is 20.0 Å². The largest absolute Gasteiger partial charge is 0.481 e. The van der Waals surface area contributed by atoms with Crippen LogP contribution in [0.4, 0.5) is 0 Å². The first-order valence-electron chi connectivity index (χ1n) is 6.15. The summed E-state index contributed by atoms with van der Waals surface area (Å²) in [6, 6.07) is 5.36. The molecule has 0 fully saturated rings. The molecule has 1 aromatic carbocycles. The fourth-order valence-corrected chi connectivity index (χ4v) is 2.84. The summed E-state index contributed by atoms with van der Waals surface area (Å²) in [6.45, 7) is 0.105. The van der Waals surface area contributed by atoms with E-state index in [0.29, 0.717) is 0 Å². The molecule has 1 aromatic rings. The summed E-state index contributed by atoms with van der Waals surface area (Å²) in [5.41, 5.74) is 0.255. The fraction of sp³-hybridized carbons (Fsp3) is 0.385. The number of carboxylic acids is 1. The van der Waals surface area contributed by atoms with E-state index < -0.39 is 22.0 Å². The summed E-state index contributed by atoms with van der Waals surface area (Å²) in [4.78, 5) is 21.7. The zero-order chi connectivity index (χ0) is 16.0. The van der Waals surface area contributed by atoms with Crippen LogP contribution in [0.15, 0.2) is 29.2 Å². The maximum atomic E-state index is 12.2. The van der Waals surface area contributed by atoms with E-state index in [0.717, 1.165) is 4.31 Å². The molecule has 21 heavy (non-hydrogen) atoms. The molecule has 0 aliphatic rings. The first kappa shape index (κ1) is 17.1. The predicted octanol–water partition coefficient (Wildman–Crippen LogP) is 0.958. The lowest BCUT2D eigenvalue weighted by molar-refractivity contribution is -0.137. The molecule has 0 spiro atoms. The molecule has 0 heterocycles. The maximum Gasteiger partial charge on any atom is 0.337 e. The lowest BCUT2D eigenvalue weighted by Crippen LogP contribution is -2.28. The lowest BCUT2D eigenvalue weighted by atomic mass is 10.2. The van der Waals surface area contributed by atoms with Crippen molar-refractivity contribution in [1.29, 1.82) is 0 Å². The molecule has 1 N–H and O–H groups in total. The maximum absolute atomic E-state index is 12.2. The summed E-state index contributed by atoms with van der Waals surface area (Å²) in [6.07, 6.45) is 0.131. The SMILES string of the molecule is COC(=O)c1ccc(S(=O)(=O)N(C)CCCC(=O)O)cc1. The van der Waals surface area contributed by atoms with Gasteiger partial charge in [-0.3, -0.25) is 4.79 Å². The minimum atomic E-state index is -3.70. The number of rotatable bonds is 7. The number of esters is 1. The van der Waals surface area contributed by atoms with Crippen molar-refractivity contribution in [2.75, 3.05) is 20.7 Å². The number of hydrogen-bond acceptors (Lipinski definition) is 5. The normalized spacial score (nSPS) is 11.4. The van der Waals surface area contributed by atoms with Gasteiger partial charge in [-0.2, -0.15) is 0 Å². The molecule has 0 radical (unpaired) electrons. The Kier molecular flexibility index (Phi) is 5.86. The predicted molar refractivity (Wildman–Crippen MR) is 74.5 cm³/mol. The smallest absolute Gasteiger partial charge is 0.337 e. The number of carbonyl (C=O) groups is 2. The second-order valence-corrected chi connectivity index (χ2v) is 6.38. The standard InChI is InChI=1S/C13H17NO6S/c1-14(9-3-4-12(15)16)21(18,19)11-7-5-10(6-8-11)13(17)20-2/h5-8H,3-4,9H2,1-2H3,(H,15,16). The molecule has 0 amide bonds. The van der Waals surface area contributed by atoms with Crippen LogP contribution in [0.5, 0.6) is 0 Å². The average Bonchev–Trinajstić information content (AvgIpc) is 2.46. The molecule has 8 heteroatoms. The van der Waals surface area contributed by atoms with E-state index in [4.69, 9.17) is 5.11 Å². The van der Waals surface area contributed by atoms with Crippen molar-refractivity contribution < 1.29 is 27.9 Å². The minimum absolute atomic E-state index is 0.0352. The lowest BCUT2D eigenvalue weighted by Gasteiger charge is -2.16. The van der Waals surface area contributed by atoms with Crippen molar-refractivity contribution in [3.63, 3.8) is 0 Å². The Morgan fingerprint density at radius 1 is 1.24 bits per heavy atom. The van der Waals surface area contributed by atoms with E-state index in [-0.39, 0.29) is 29.8 Å². The van der Waals surface area contributed by atoms with Gasteiger partial charge in [-0.15, -0.1) is 0 Å². The molecular formula is C13H17NO6S. The highest BCUT2D eigenvalue weighted by atomic mass is 32.2. The Bertz CT molecular complexity index is 608. The fourth-order valence-electron chi connectivity index (χ4n) is 1.63. The quantitative estimate of drug-likeness (QED) is 0.752. The molecule has 0 saturated carbocycles. The number of nitrogens with zero attached hydrogens (tertiary/aromatic N) is 1. The van der Waals surface area contributed by atoms with Crippen LogP contribution in [0.2, 0.25) is 0 Å². The third-order valence-electron chi connectivity index (χ3n) is 2.85. The number of benzene rings is 1. The molecule has 0 atom stereocenters. The van der Waals surface area contributed by atoms with E-state index in [9.17, 15) is 18.0 Å². The van der Waals surface area contributed by atoms with Crippen molar-refractivity contribution in [3.8, 4) is 0 Å². The summed E-state index contributed by atoms with van der Waals surface area (Å²) in [7, 11) is -1.08. The second kappa shape index (κ2) is 7.19. The monoisotopic (exact) mass is 315 g/mol. The van der Waals surface area contributed by atoms with Crippen LogP contribution in [0.25, 0.3) is 0 Å². The minimum Gasteiger partial charge on any atom is -0.481 e. The van der Waals surface area contributed by atoms with Crippen molar-refractivity contribution in [3.05, 3.63) is 29.8 Å². The molecule has 116 valence electrons. The van der Waals surface area contributed by atoms with E-state index in [1.54, 1.807) is 0 Å². The zero-order valence-electron chi connectivity index (χ0n) is 11.8. The van der Waals surface area contributed by atoms with Crippen molar-refractivity contribution >= 4 is 22.0 Å². The van der Waals surface area contributed by atoms with Gasteiger partial charge in [-0.1, -0.05) is 0 Å². The number of sulfonamides is 1. The highest BCUT2D eigenvalue weighted by molar-refractivity contribution is 7.89. The van der Waals surface area contributed by atoms with Gasteiger partial charge in [-0.25, -0.2) is 17.5 Å². The van der Waals surface area contributed by atoms with Gasteiger partial charge in [0.15, 0.2) is 0 Å². The summed E-state index contributed by atoms with van der Waals surface area (Å²) in [5, 5.41) is 8.54. The number of carbonyl (C=O) groups excluding carboxylic acids is 1. The Hall–Kier alpha value is -1.93. The van der Waals surface area contributed by atoms with Crippen LogP contribution in [0, 0.1) is 0 Å². The van der Waals surface area contributed by atoms with Crippen molar-refractivity contribution in [2.45, 2.75) is 17.7 Å². The summed E-state index contributed by atoms with van der Waals surface area (Å²) in [5.74, 6) is -1.52. The van der Waals surface area contributed by atoms with Gasteiger partial charge in [-0.05, 0) is 30.7 Å². The van der Waals surface area contributed by atoms with Crippen LogP contribution in [-0.2, 0) is 19.6 Å². The van der Waals surface area contributed by atoms with E-state index >= 15 is 0 Å². The Morgan fingerprint density at radius 2 is 1.81 bits per heavy atom. The van der Waals surface area contributed by atoms with Crippen LogP contribution in [0.1, 0.15) is 23.2 Å².